The number of benzene rings is 2. The molecule has 2 aromatic carbocycles. The SMILES string of the molecule is Cc1ccc(-c2cnc(C(O)c3ccc(Cl)c(Cl)c3)[nH]2)cc1. The van der Waals surface area contributed by atoms with Gasteiger partial charge in [0, 0.05) is 0 Å². The van der Waals surface area contributed by atoms with Gasteiger partial charge in [-0.15, -0.1) is 0 Å². The van der Waals surface area contributed by atoms with Crippen LogP contribution in [0.25, 0.3) is 11.3 Å². The topological polar surface area (TPSA) is 48.9 Å². The van der Waals surface area contributed by atoms with Crippen LogP contribution >= 0.6 is 23.2 Å². The number of aliphatic hydroxyl groups excluding tert-OH is 1. The van der Waals surface area contributed by atoms with E-state index in [0.29, 0.717) is 21.4 Å². The lowest BCUT2D eigenvalue weighted by atomic mass is 10.1. The summed E-state index contributed by atoms with van der Waals surface area (Å²) in [6.45, 7) is 2.04. The van der Waals surface area contributed by atoms with Gasteiger partial charge in [-0.3, -0.25) is 0 Å². The summed E-state index contributed by atoms with van der Waals surface area (Å²) in [7, 11) is 0. The highest BCUT2D eigenvalue weighted by Gasteiger charge is 2.16. The lowest BCUT2D eigenvalue weighted by Gasteiger charge is -2.09. The Morgan fingerprint density at radius 1 is 1.05 bits per heavy atom. The maximum atomic E-state index is 10.4. The van der Waals surface area contributed by atoms with Gasteiger partial charge in [0.15, 0.2) is 0 Å². The van der Waals surface area contributed by atoms with Crippen molar-refractivity contribution < 1.29 is 5.11 Å². The monoisotopic (exact) mass is 332 g/mol. The molecule has 3 rings (SSSR count). The fraction of sp³-hybridized carbons (Fsp3) is 0.118. The summed E-state index contributed by atoms with van der Waals surface area (Å²) in [6, 6.07) is 13.1. The van der Waals surface area contributed by atoms with Crippen LogP contribution in [-0.4, -0.2) is 15.1 Å². The molecule has 0 saturated carbocycles. The van der Waals surface area contributed by atoms with E-state index in [9.17, 15) is 5.11 Å². The minimum Gasteiger partial charge on any atom is -0.380 e. The third-order valence-corrected chi connectivity index (χ3v) is 4.22. The molecule has 0 amide bonds. The maximum absolute atomic E-state index is 10.4. The molecule has 0 radical (unpaired) electrons. The van der Waals surface area contributed by atoms with E-state index in [1.54, 1.807) is 24.4 Å². The number of aryl methyl sites for hydroxylation is 1. The lowest BCUT2D eigenvalue weighted by molar-refractivity contribution is 0.211. The number of aliphatic hydroxyl groups is 1. The van der Waals surface area contributed by atoms with Gasteiger partial charge < -0.3 is 10.1 Å². The van der Waals surface area contributed by atoms with E-state index in [4.69, 9.17) is 23.2 Å². The molecule has 3 nitrogen and oxygen atoms in total. The van der Waals surface area contributed by atoms with Gasteiger partial charge in [-0.2, -0.15) is 0 Å². The summed E-state index contributed by atoms with van der Waals surface area (Å²) < 4.78 is 0. The van der Waals surface area contributed by atoms with Crippen LogP contribution in [0.2, 0.25) is 10.0 Å². The summed E-state index contributed by atoms with van der Waals surface area (Å²) in [5.74, 6) is 0.467. The van der Waals surface area contributed by atoms with Crippen LogP contribution in [0.15, 0.2) is 48.7 Å². The fourth-order valence-corrected chi connectivity index (χ4v) is 2.50. The Labute approximate surface area is 138 Å². The Balaban J connectivity index is 1.89. The smallest absolute Gasteiger partial charge is 0.140 e. The third-order valence-electron chi connectivity index (χ3n) is 3.48. The Bertz CT molecular complexity index is 797. The number of imidazole rings is 1. The Morgan fingerprint density at radius 2 is 1.77 bits per heavy atom. The van der Waals surface area contributed by atoms with E-state index in [2.05, 4.69) is 9.97 Å². The highest BCUT2D eigenvalue weighted by Crippen LogP contribution is 2.28. The molecular weight excluding hydrogens is 319 g/mol. The van der Waals surface area contributed by atoms with Crippen molar-refractivity contribution >= 4 is 23.2 Å². The van der Waals surface area contributed by atoms with Crippen molar-refractivity contribution in [2.75, 3.05) is 0 Å². The second kappa shape index (κ2) is 6.13. The maximum Gasteiger partial charge on any atom is 0.140 e. The molecule has 0 aliphatic carbocycles. The molecule has 3 aromatic rings. The lowest BCUT2D eigenvalue weighted by Crippen LogP contribution is -2.01. The summed E-state index contributed by atoms with van der Waals surface area (Å²) in [5.41, 5.74) is 3.71. The van der Waals surface area contributed by atoms with Crippen molar-refractivity contribution in [2.45, 2.75) is 13.0 Å². The first-order valence-electron chi connectivity index (χ1n) is 6.79. The predicted octanol–water partition coefficient (Wildman–Crippen LogP) is 4.77. The molecule has 1 unspecified atom stereocenters. The number of aromatic nitrogens is 2. The molecule has 112 valence electrons. The van der Waals surface area contributed by atoms with E-state index >= 15 is 0 Å². The first-order valence-corrected chi connectivity index (χ1v) is 7.55. The van der Waals surface area contributed by atoms with Crippen molar-refractivity contribution in [3.05, 3.63) is 75.7 Å². The number of nitrogens with one attached hydrogen (secondary N) is 1. The summed E-state index contributed by atoms with van der Waals surface area (Å²) >= 11 is 11.9. The average molecular weight is 333 g/mol. The summed E-state index contributed by atoms with van der Waals surface area (Å²) in [6.07, 6.45) is 0.828. The normalized spacial score (nSPS) is 12.4. The van der Waals surface area contributed by atoms with Gasteiger partial charge in [-0.05, 0) is 30.2 Å². The van der Waals surface area contributed by atoms with Gasteiger partial charge in [0.05, 0.1) is 21.9 Å². The van der Waals surface area contributed by atoms with Crippen LogP contribution in [0, 0.1) is 6.92 Å². The Kier molecular flexibility index (Phi) is 4.21. The minimum atomic E-state index is -0.881. The van der Waals surface area contributed by atoms with Gasteiger partial charge in [0.1, 0.15) is 11.9 Å². The largest absolute Gasteiger partial charge is 0.380 e. The van der Waals surface area contributed by atoms with E-state index in [1.807, 2.05) is 31.2 Å². The van der Waals surface area contributed by atoms with Gasteiger partial charge in [-0.1, -0.05) is 59.1 Å². The molecule has 0 spiro atoms. The van der Waals surface area contributed by atoms with Crippen LogP contribution in [-0.2, 0) is 0 Å². The first kappa shape index (κ1) is 15.1. The van der Waals surface area contributed by atoms with Crippen molar-refractivity contribution in [3.8, 4) is 11.3 Å². The Hall–Kier alpha value is -1.81. The van der Waals surface area contributed by atoms with Crippen molar-refractivity contribution in [3.63, 3.8) is 0 Å². The van der Waals surface area contributed by atoms with E-state index in [-0.39, 0.29) is 0 Å². The molecular formula is C17H14Cl2N2O. The van der Waals surface area contributed by atoms with Gasteiger partial charge >= 0.3 is 0 Å². The summed E-state index contributed by atoms with van der Waals surface area (Å²) in [5, 5.41) is 11.3. The zero-order chi connectivity index (χ0) is 15.7. The van der Waals surface area contributed by atoms with E-state index < -0.39 is 6.10 Å². The van der Waals surface area contributed by atoms with E-state index in [1.165, 1.54) is 5.56 Å². The van der Waals surface area contributed by atoms with Crippen LogP contribution in [0.3, 0.4) is 0 Å². The second-order valence-electron chi connectivity index (χ2n) is 5.12. The highest BCUT2D eigenvalue weighted by molar-refractivity contribution is 6.42. The molecule has 22 heavy (non-hydrogen) atoms. The second-order valence-corrected chi connectivity index (χ2v) is 5.94. The van der Waals surface area contributed by atoms with Crippen LogP contribution in [0.1, 0.15) is 23.1 Å². The molecule has 1 heterocycles. The number of hydrogen-bond acceptors (Lipinski definition) is 2. The highest BCUT2D eigenvalue weighted by atomic mass is 35.5. The zero-order valence-electron chi connectivity index (χ0n) is 11.8. The molecule has 5 heteroatoms. The Morgan fingerprint density at radius 3 is 2.45 bits per heavy atom. The molecule has 0 bridgehead atoms. The minimum absolute atomic E-state index is 0.406. The van der Waals surface area contributed by atoms with Crippen LogP contribution in [0.5, 0.6) is 0 Å². The molecule has 1 atom stereocenters. The number of rotatable bonds is 3. The van der Waals surface area contributed by atoms with E-state index in [0.717, 1.165) is 11.3 Å². The van der Waals surface area contributed by atoms with Crippen LogP contribution < -0.4 is 0 Å². The molecule has 0 fully saturated rings. The molecule has 1 aromatic heterocycles. The fourth-order valence-electron chi connectivity index (χ4n) is 2.20. The van der Waals surface area contributed by atoms with Gasteiger partial charge in [0.2, 0.25) is 0 Å². The summed E-state index contributed by atoms with van der Waals surface area (Å²) in [4.78, 5) is 7.41. The standard InChI is InChI=1S/C17H14Cl2N2O/c1-10-2-4-11(5-3-10)15-9-20-17(21-15)16(22)12-6-7-13(18)14(19)8-12/h2-9,16,22H,1H3,(H,20,21). The predicted molar refractivity (Wildman–Crippen MR) is 89.3 cm³/mol. The average Bonchev–Trinajstić information content (AvgIpc) is 3.00. The van der Waals surface area contributed by atoms with Crippen LogP contribution in [0.4, 0.5) is 0 Å². The quantitative estimate of drug-likeness (QED) is 0.725. The number of aromatic amines is 1. The van der Waals surface area contributed by atoms with Gasteiger partial charge in [0.25, 0.3) is 0 Å². The number of H-pyrrole nitrogens is 1. The van der Waals surface area contributed by atoms with Gasteiger partial charge in [-0.25, -0.2) is 4.98 Å². The van der Waals surface area contributed by atoms with Crippen molar-refractivity contribution in [1.29, 1.82) is 0 Å². The molecule has 0 aliphatic rings. The number of nitrogens with zero attached hydrogens (tertiary/aromatic N) is 1. The van der Waals surface area contributed by atoms with Crippen molar-refractivity contribution in [2.24, 2.45) is 0 Å². The number of halogens is 2. The molecule has 0 saturated heterocycles. The number of hydrogen-bond donors (Lipinski definition) is 2. The third kappa shape index (κ3) is 3.02. The zero-order valence-corrected chi connectivity index (χ0v) is 13.4. The van der Waals surface area contributed by atoms with Crippen molar-refractivity contribution in [1.82, 2.24) is 9.97 Å². The molecule has 2 N–H and O–H groups in total. The first-order chi connectivity index (χ1) is 10.5. The molecule has 0 aliphatic heterocycles.